The van der Waals surface area contributed by atoms with Crippen molar-refractivity contribution in [2.75, 3.05) is 13.1 Å². The molecule has 1 aliphatic heterocycles. The first-order chi connectivity index (χ1) is 13.8. The third-order valence-electron chi connectivity index (χ3n) is 6.00. The van der Waals surface area contributed by atoms with E-state index in [0.717, 1.165) is 37.0 Å². The molecule has 0 unspecified atom stereocenters. The summed E-state index contributed by atoms with van der Waals surface area (Å²) in [7, 11) is 0. The van der Waals surface area contributed by atoms with Gasteiger partial charge in [-0.2, -0.15) is 0 Å². The molecule has 0 atom stereocenters. The molecule has 1 fully saturated rings. The number of hydrogen-bond acceptors (Lipinski definition) is 2. The Bertz CT molecular complexity index is 1070. The topological polar surface area (TPSA) is 38.1 Å². The van der Waals surface area contributed by atoms with E-state index in [4.69, 9.17) is 0 Å². The quantitative estimate of drug-likeness (QED) is 0.529. The standard InChI is InChI=1S/C24H23N3O/c28-24(26-15-11-19(12-16-26)18-9-13-25-14-10-18)17-27-22-7-3-1-5-20(22)21-6-2-4-8-23(21)27/h1-10,13-14,19H,11-12,15-17H2. The highest BCUT2D eigenvalue weighted by molar-refractivity contribution is 6.08. The predicted octanol–water partition coefficient (Wildman–Crippen LogP) is 4.60. The van der Waals surface area contributed by atoms with Crippen LogP contribution < -0.4 is 0 Å². The van der Waals surface area contributed by atoms with Crippen molar-refractivity contribution in [2.45, 2.75) is 25.3 Å². The van der Waals surface area contributed by atoms with E-state index < -0.39 is 0 Å². The molecule has 0 radical (unpaired) electrons. The summed E-state index contributed by atoms with van der Waals surface area (Å²) in [6.45, 7) is 2.04. The minimum atomic E-state index is 0.208. The highest BCUT2D eigenvalue weighted by Crippen LogP contribution is 2.30. The Balaban J connectivity index is 1.36. The van der Waals surface area contributed by atoms with Crippen LogP contribution in [0, 0.1) is 0 Å². The van der Waals surface area contributed by atoms with Crippen LogP contribution in [0.25, 0.3) is 21.8 Å². The lowest BCUT2D eigenvalue weighted by atomic mass is 9.90. The van der Waals surface area contributed by atoms with Crippen LogP contribution in [0.2, 0.25) is 0 Å². The van der Waals surface area contributed by atoms with Crippen molar-refractivity contribution >= 4 is 27.7 Å². The van der Waals surface area contributed by atoms with Gasteiger partial charge in [0.25, 0.3) is 0 Å². The largest absolute Gasteiger partial charge is 0.341 e. The van der Waals surface area contributed by atoms with Crippen LogP contribution in [0.4, 0.5) is 0 Å². The van der Waals surface area contributed by atoms with Gasteiger partial charge < -0.3 is 9.47 Å². The second-order valence-electron chi connectivity index (χ2n) is 7.56. The van der Waals surface area contributed by atoms with E-state index in [0.29, 0.717) is 12.5 Å². The Kier molecular flexibility index (Phi) is 4.32. The van der Waals surface area contributed by atoms with E-state index in [2.05, 4.69) is 58.1 Å². The molecule has 1 amide bonds. The van der Waals surface area contributed by atoms with Gasteiger partial charge in [0.15, 0.2) is 0 Å². The first-order valence-electron chi connectivity index (χ1n) is 9.95. The Hall–Kier alpha value is -3.14. The molecule has 0 bridgehead atoms. The van der Waals surface area contributed by atoms with Gasteiger partial charge in [-0.25, -0.2) is 0 Å². The van der Waals surface area contributed by atoms with E-state index in [1.165, 1.54) is 16.3 Å². The van der Waals surface area contributed by atoms with Crippen molar-refractivity contribution in [1.29, 1.82) is 0 Å². The SMILES string of the molecule is O=C(Cn1c2ccccc2c2ccccc21)N1CCC(c2ccncc2)CC1. The maximum Gasteiger partial charge on any atom is 0.242 e. The molecule has 5 rings (SSSR count). The third-order valence-corrected chi connectivity index (χ3v) is 6.00. The molecule has 4 aromatic rings. The van der Waals surface area contributed by atoms with Crippen molar-refractivity contribution in [2.24, 2.45) is 0 Å². The Morgan fingerprint density at radius 3 is 2.04 bits per heavy atom. The Morgan fingerprint density at radius 1 is 0.857 bits per heavy atom. The molecule has 2 aromatic carbocycles. The number of amides is 1. The molecule has 1 saturated heterocycles. The van der Waals surface area contributed by atoms with Crippen molar-refractivity contribution in [3.63, 3.8) is 0 Å². The van der Waals surface area contributed by atoms with Crippen LogP contribution in [-0.2, 0) is 11.3 Å². The van der Waals surface area contributed by atoms with Crippen molar-refractivity contribution in [1.82, 2.24) is 14.5 Å². The molecule has 0 N–H and O–H groups in total. The van der Waals surface area contributed by atoms with Crippen LogP contribution in [-0.4, -0.2) is 33.4 Å². The van der Waals surface area contributed by atoms with E-state index in [9.17, 15) is 4.79 Å². The van der Waals surface area contributed by atoms with Gasteiger partial charge in [0.1, 0.15) is 6.54 Å². The minimum absolute atomic E-state index is 0.208. The van der Waals surface area contributed by atoms with Crippen LogP contribution in [0.5, 0.6) is 0 Å². The summed E-state index contributed by atoms with van der Waals surface area (Å²) in [5.41, 5.74) is 3.59. The van der Waals surface area contributed by atoms with Gasteiger partial charge >= 0.3 is 0 Å². The van der Waals surface area contributed by atoms with Crippen molar-refractivity contribution in [3.05, 3.63) is 78.6 Å². The lowest BCUT2D eigenvalue weighted by molar-refractivity contribution is -0.132. The number of hydrogen-bond donors (Lipinski definition) is 0. The zero-order chi connectivity index (χ0) is 18.9. The van der Waals surface area contributed by atoms with Crippen LogP contribution in [0.1, 0.15) is 24.3 Å². The average molecular weight is 369 g/mol. The summed E-state index contributed by atoms with van der Waals surface area (Å²) in [6.07, 6.45) is 5.75. The van der Waals surface area contributed by atoms with Gasteiger partial charge in [-0.1, -0.05) is 36.4 Å². The number of piperidine rings is 1. The van der Waals surface area contributed by atoms with Gasteiger partial charge in [-0.05, 0) is 48.6 Å². The molecule has 4 heteroatoms. The number of benzene rings is 2. The monoisotopic (exact) mass is 369 g/mol. The highest BCUT2D eigenvalue weighted by Gasteiger charge is 2.24. The zero-order valence-electron chi connectivity index (χ0n) is 15.8. The van der Waals surface area contributed by atoms with E-state index in [1.807, 2.05) is 29.4 Å². The first-order valence-corrected chi connectivity index (χ1v) is 9.95. The molecule has 28 heavy (non-hydrogen) atoms. The lowest BCUT2D eigenvalue weighted by Gasteiger charge is -2.32. The second-order valence-corrected chi connectivity index (χ2v) is 7.56. The third kappa shape index (κ3) is 2.95. The maximum absolute atomic E-state index is 13.1. The summed E-state index contributed by atoms with van der Waals surface area (Å²) < 4.78 is 2.17. The van der Waals surface area contributed by atoms with Gasteiger partial charge in [0.05, 0.1) is 0 Å². The van der Waals surface area contributed by atoms with Crippen LogP contribution in [0.3, 0.4) is 0 Å². The molecule has 2 aromatic heterocycles. The molecule has 3 heterocycles. The van der Waals surface area contributed by atoms with Crippen LogP contribution in [0.15, 0.2) is 73.1 Å². The maximum atomic E-state index is 13.1. The van der Waals surface area contributed by atoms with Gasteiger partial charge in [-0.3, -0.25) is 9.78 Å². The molecular weight excluding hydrogens is 346 g/mol. The first kappa shape index (κ1) is 17.0. The number of fused-ring (bicyclic) bond motifs is 3. The lowest BCUT2D eigenvalue weighted by Crippen LogP contribution is -2.39. The second kappa shape index (κ2) is 7.12. The summed E-state index contributed by atoms with van der Waals surface area (Å²) in [6, 6.07) is 20.9. The number of pyridine rings is 1. The fourth-order valence-electron chi connectivity index (χ4n) is 4.51. The number of carbonyl (C=O) groups excluding carboxylic acids is 1. The van der Waals surface area contributed by atoms with Crippen LogP contribution >= 0.6 is 0 Å². The number of likely N-dealkylation sites (tertiary alicyclic amines) is 1. The fraction of sp³-hybridized carbons (Fsp3) is 0.250. The molecule has 0 saturated carbocycles. The molecule has 4 nitrogen and oxygen atoms in total. The summed E-state index contributed by atoms with van der Waals surface area (Å²) >= 11 is 0. The Morgan fingerprint density at radius 2 is 1.43 bits per heavy atom. The van der Waals surface area contributed by atoms with Crippen molar-refractivity contribution in [3.8, 4) is 0 Å². The van der Waals surface area contributed by atoms with E-state index in [1.54, 1.807) is 0 Å². The van der Waals surface area contributed by atoms with Crippen molar-refractivity contribution < 1.29 is 4.79 Å². The molecule has 0 aliphatic carbocycles. The molecule has 0 spiro atoms. The number of nitrogens with zero attached hydrogens (tertiary/aromatic N) is 3. The molecule has 1 aliphatic rings. The normalized spacial score (nSPS) is 15.4. The highest BCUT2D eigenvalue weighted by atomic mass is 16.2. The zero-order valence-corrected chi connectivity index (χ0v) is 15.8. The molecular formula is C24H23N3O. The number of rotatable bonds is 3. The van der Waals surface area contributed by atoms with E-state index >= 15 is 0 Å². The van der Waals surface area contributed by atoms with Gasteiger partial charge in [0, 0.05) is 47.3 Å². The number of aromatic nitrogens is 2. The predicted molar refractivity (Wildman–Crippen MR) is 112 cm³/mol. The smallest absolute Gasteiger partial charge is 0.242 e. The van der Waals surface area contributed by atoms with E-state index in [-0.39, 0.29) is 5.91 Å². The van der Waals surface area contributed by atoms with Gasteiger partial charge in [-0.15, -0.1) is 0 Å². The van der Waals surface area contributed by atoms with Gasteiger partial charge in [0.2, 0.25) is 5.91 Å². The Labute approximate surface area is 164 Å². The summed E-state index contributed by atoms with van der Waals surface area (Å²) in [4.78, 5) is 19.2. The number of carbonyl (C=O) groups is 1. The summed E-state index contributed by atoms with van der Waals surface area (Å²) in [5, 5.41) is 2.42. The number of para-hydroxylation sites is 2. The fourth-order valence-corrected chi connectivity index (χ4v) is 4.51. The summed E-state index contributed by atoms with van der Waals surface area (Å²) in [5.74, 6) is 0.736. The minimum Gasteiger partial charge on any atom is -0.341 e. The average Bonchev–Trinajstić information content (AvgIpc) is 3.08. The molecule has 140 valence electrons.